The molecule has 1 fully saturated rings. The minimum absolute atomic E-state index is 0. The van der Waals surface area contributed by atoms with Gasteiger partial charge in [0.05, 0.1) is 7.11 Å². The van der Waals surface area contributed by atoms with Gasteiger partial charge < -0.3 is 9.84 Å². The highest BCUT2D eigenvalue weighted by molar-refractivity contribution is 5.85. The van der Waals surface area contributed by atoms with E-state index >= 15 is 0 Å². The molecule has 0 bridgehead atoms. The Labute approximate surface area is 123 Å². The van der Waals surface area contributed by atoms with E-state index < -0.39 is 18.1 Å². The van der Waals surface area contributed by atoms with Gasteiger partial charge in [-0.05, 0) is 18.4 Å². The minimum atomic E-state index is -0.887. The molecule has 20 heavy (non-hydrogen) atoms. The molecule has 1 saturated heterocycles. The largest absolute Gasteiger partial charge is 0.480 e. The fraction of sp³-hybridized carbons (Fsp3) is 0.429. The maximum atomic E-state index is 11.7. The van der Waals surface area contributed by atoms with E-state index in [-0.39, 0.29) is 18.4 Å². The quantitative estimate of drug-likeness (QED) is 0.857. The third-order valence-corrected chi connectivity index (χ3v) is 3.48. The third-order valence-electron chi connectivity index (χ3n) is 3.48. The molecule has 0 aromatic heterocycles. The molecule has 1 aliphatic rings. The molecule has 2 unspecified atom stereocenters. The molecular formula is C14H18ClNO4. The Hall–Kier alpha value is -1.59. The van der Waals surface area contributed by atoms with E-state index in [0.717, 1.165) is 5.56 Å². The fourth-order valence-electron chi connectivity index (χ4n) is 2.53. The van der Waals surface area contributed by atoms with Gasteiger partial charge in [-0.3, -0.25) is 14.5 Å². The van der Waals surface area contributed by atoms with Gasteiger partial charge in [0.2, 0.25) is 0 Å². The van der Waals surface area contributed by atoms with Gasteiger partial charge in [0, 0.05) is 6.54 Å². The first-order chi connectivity index (χ1) is 9.13. The SMILES string of the molecule is COC(=O)C1CCC(C(=O)O)N1Cc1ccccc1.Cl. The van der Waals surface area contributed by atoms with E-state index in [4.69, 9.17) is 4.74 Å². The lowest BCUT2D eigenvalue weighted by molar-refractivity contribution is -0.149. The van der Waals surface area contributed by atoms with Crippen LogP contribution in [0.2, 0.25) is 0 Å². The summed E-state index contributed by atoms with van der Waals surface area (Å²) in [5.41, 5.74) is 0.990. The predicted octanol–water partition coefficient (Wildman–Crippen LogP) is 1.70. The molecule has 6 heteroatoms. The van der Waals surface area contributed by atoms with Gasteiger partial charge in [-0.1, -0.05) is 30.3 Å². The molecule has 1 aromatic carbocycles. The topological polar surface area (TPSA) is 66.8 Å². The van der Waals surface area contributed by atoms with Gasteiger partial charge in [0.15, 0.2) is 0 Å². The van der Waals surface area contributed by atoms with E-state index in [0.29, 0.717) is 19.4 Å². The van der Waals surface area contributed by atoms with E-state index in [1.807, 2.05) is 30.3 Å². The number of nitrogens with zero attached hydrogens (tertiary/aromatic N) is 1. The lowest BCUT2D eigenvalue weighted by Crippen LogP contribution is -2.44. The predicted molar refractivity (Wildman–Crippen MR) is 75.7 cm³/mol. The average Bonchev–Trinajstić information content (AvgIpc) is 2.83. The number of hydrogen-bond donors (Lipinski definition) is 1. The zero-order valence-corrected chi connectivity index (χ0v) is 12.0. The van der Waals surface area contributed by atoms with Crippen molar-refractivity contribution in [2.75, 3.05) is 7.11 Å². The summed E-state index contributed by atoms with van der Waals surface area (Å²) < 4.78 is 4.76. The Bertz CT molecular complexity index is 466. The standard InChI is InChI=1S/C14H17NO4.ClH/c1-19-14(18)12-8-7-11(13(16)17)15(12)9-10-5-3-2-4-6-10;/h2-6,11-12H,7-9H2,1H3,(H,16,17);1H. The molecule has 0 amide bonds. The molecule has 1 heterocycles. The van der Waals surface area contributed by atoms with Crippen molar-refractivity contribution in [1.82, 2.24) is 4.90 Å². The van der Waals surface area contributed by atoms with Crippen LogP contribution in [0.1, 0.15) is 18.4 Å². The van der Waals surface area contributed by atoms with Crippen LogP contribution in [0.25, 0.3) is 0 Å². The first-order valence-corrected chi connectivity index (χ1v) is 6.23. The number of aliphatic carboxylic acids is 1. The second kappa shape index (κ2) is 7.26. The molecule has 5 nitrogen and oxygen atoms in total. The molecule has 0 spiro atoms. The lowest BCUT2D eigenvalue weighted by Gasteiger charge is -2.26. The van der Waals surface area contributed by atoms with Crippen LogP contribution in [-0.4, -0.2) is 41.1 Å². The van der Waals surface area contributed by atoms with E-state index in [1.54, 1.807) is 4.90 Å². The van der Waals surface area contributed by atoms with Crippen molar-refractivity contribution in [3.8, 4) is 0 Å². The van der Waals surface area contributed by atoms with Crippen molar-refractivity contribution in [2.24, 2.45) is 0 Å². The number of hydrogen-bond acceptors (Lipinski definition) is 4. The molecule has 2 atom stereocenters. The summed E-state index contributed by atoms with van der Waals surface area (Å²) >= 11 is 0. The van der Waals surface area contributed by atoms with E-state index in [1.165, 1.54) is 7.11 Å². The van der Waals surface area contributed by atoms with E-state index in [9.17, 15) is 14.7 Å². The van der Waals surface area contributed by atoms with Crippen LogP contribution in [-0.2, 0) is 20.9 Å². The molecule has 0 saturated carbocycles. The third kappa shape index (κ3) is 3.49. The average molecular weight is 300 g/mol. The number of rotatable bonds is 4. The molecule has 0 aliphatic carbocycles. The van der Waals surface area contributed by atoms with Crippen molar-refractivity contribution < 1.29 is 19.4 Å². The number of carbonyl (C=O) groups excluding carboxylic acids is 1. The fourth-order valence-corrected chi connectivity index (χ4v) is 2.53. The van der Waals surface area contributed by atoms with Crippen molar-refractivity contribution in [3.05, 3.63) is 35.9 Å². The first kappa shape index (κ1) is 16.5. The Morgan fingerprint density at radius 3 is 2.40 bits per heavy atom. The number of benzene rings is 1. The summed E-state index contributed by atoms with van der Waals surface area (Å²) in [5.74, 6) is -1.25. The highest BCUT2D eigenvalue weighted by Gasteiger charge is 2.41. The van der Waals surface area contributed by atoms with Crippen molar-refractivity contribution in [2.45, 2.75) is 31.5 Å². The Balaban J connectivity index is 0.00000200. The van der Waals surface area contributed by atoms with Gasteiger partial charge in [0.25, 0.3) is 0 Å². The number of carboxylic acids is 1. The number of methoxy groups -OCH3 is 1. The molecule has 1 N–H and O–H groups in total. The second-order valence-corrected chi connectivity index (χ2v) is 4.63. The van der Waals surface area contributed by atoms with Crippen LogP contribution in [0.15, 0.2) is 30.3 Å². The molecule has 2 rings (SSSR count). The summed E-state index contributed by atoms with van der Waals surface area (Å²) in [5, 5.41) is 9.24. The van der Waals surface area contributed by atoms with Gasteiger partial charge >= 0.3 is 11.9 Å². The zero-order chi connectivity index (χ0) is 13.8. The highest BCUT2D eigenvalue weighted by Crippen LogP contribution is 2.27. The molecule has 110 valence electrons. The van der Waals surface area contributed by atoms with E-state index in [2.05, 4.69) is 0 Å². The highest BCUT2D eigenvalue weighted by atomic mass is 35.5. The van der Waals surface area contributed by atoms with Crippen LogP contribution in [0, 0.1) is 0 Å². The summed E-state index contributed by atoms with van der Waals surface area (Å²) in [6.45, 7) is 0.442. The smallest absolute Gasteiger partial charge is 0.323 e. The van der Waals surface area contributed by atoms with Crippen LogP contribution in [0.5, 0.6) is 0 Å². The molecule has 0 radical (unpaired) electrons. The number of ether oxygens (including phenoxy) is 1. The van der Waals surface area contributed by atoms with Gasteiger partial charge in [-0.2, -0.15) is 0 Å². The van der Waals surface area contributed by atoms with Gasteiger partial charge in [-0.25, -0.2) is 0 Å². The molecular weight excluding hydrogens is 282 g/mol. The maximum absolute atomic E-state index is 11.7. The minimum Gasteiger partial charge on any atom is -0.480 e. The number of halogens is 1. The van der Waals surface area contributed by atoms with Crippen LogP contribution in [0.3, 0.4) is 0 Å². The Morgan fingerprint density at radius 1 is 1.25 bits per heavy atom. The molecule has 1 aromatic rings. The summed E-state index contributed by atoms with van der Waals surface area (Å²) in [4.78, 5) is 24.7. The monoisotopic (exact) mass is 299 g/mol. The number of carboxylic acid groups (broad SMARTS) is 1. The van der Waals surface area contributed by atoms with Crippen LogP contribution in [0.4, 0.5) is 0 Å². The normalized spacial score (nSPS) is 22.1. The second-order valence-electron chi connectivity index (χ2n) is 4.63. The Morgan fingerprint density at radius 2 is 1.85 bits per heavy atom. The zero-order valence-electron chi connectivity index (χ0n) is 11.2. The lowest BCUT2D eigenvalue weighted by atomic mass is 10.2. The van der Waals surface area contributed by atoms with Crippen molar-refractivity contribution in [3.63, 3.8) is 0 Å². The Kier molecular flexibility index (Phi) is 5.98. The summed E-state index contributed by atoms with van der Waals surface area (Å²) in [6, 6.07) is 8.45. The van der Waals surface area contributed by atoms with Gasteiger partial charge in [-0.15, -0.1) is 12.4 Å². The summed E-state index contributed by atoms with van der Waals surface area (Å²) in [6.07, 6.45) is 0.998. The molecule has 1 aliphatic heterocycles. The van der Waals surface area contributed by atoms with Gasteiger partial charge in [0.1, 0.15) is 12.1 Å². The van der Waals surface area contributed by atoms with Crippen molar-refractivity contribution >= 4 is 24.3 Å². The van der Waals surface area contributed by atoms with Crippen molar-refractivity contribution in [1.29, 1.82) is 0 Å². The number of carbonyl (C=O) groups is 2. The maximum Gasteiger partial charge on any atom is 0.323 e. The first-order valence-electron chi connectivity index (χ1n) is 6.23. The van der Waals surface area contributed by atoms with Crippen LogP contribution < -0.4 is 0 Å². The number of likely N-dealkylation sites (tertiary alicyclic amines) is 1. The number of esters is 1. The van der Waals surface area contributed by atoms with Crippen LogP contribution >= 0.6 is 12.4 Å². The summed E-state index contributed by atoms with van der Waals surface area (Å²) in [7, 11) is 1.33.